The second kappa shape index (κ2) is 12.2. The average Bonchev–Trinajstić information content (AvgIpc) is 3.35. The number of hydrogen-bond donors (Lipinski definition) is 1. The molecule has 36 heavy (non-hydrogen) atoms. The van der Waals surface area contributed by atoms with Crippen molar-refractivity contribution >= 4 is 27.5 Å². The lowest BCUT2D eigenvalue weighted by Gasteiger charge is -2.33. The third-order valence-electron chi connectivity index (χ3n) is 6.37. The molecule has 1 atom stereocenters. The molecule has 0 bridgehead atoms. The molecule has 2 aromatic rings. The van der Waals surface area contributed by atoms with Gasteiger partial charge in [0, 0.05) is 12.6 Å². The van der Waals surface area contributed by atoms with Crippen LogP contribution in [0.2, 0.25) is 0 Å². The highest BCUT2D eigenvalue weighted by Crippen LogP contribution is 2.22. The molecule has 1 aliphatic carbocycles. The number of hydrogen-bond acceptors (Lipinski definition) is 5. The van der Waals surface area contributed by atoms with Crippen LogP contribution in [-0.2, 0) is 26.2 Å². The van der Waals surface area contributed by atoms with Crippen LogP contribution in [0, 0.1) is 5.82 Å². The van der Waals surface area contributed by atoms with Gasteiger partial charge in [-0.05, 0) is 61.2 Å². The summed E-state index contributed by atoms with van der Waals surface area (Å²) in [4.78, 5) is 28.4. The van der Waals surface area contributed by atoms with Gasteiger partial charge in [-0.1, -0.05) is 31.9 Å². The first-order valence-electron chi connectivity index (χ1n) is 12.1. The number of nitrogens with zero attached hydrogens (tertiary/aromatic N) is 2. The molecule has 0 unspecified atom stereocenters. The number of ether oxygens (including phenoxy) is 1. The smallest absolute Gasteiger partial charge is 0.244 e. The van der Waals surface area contributed by atoms with E-state index in [9.17, 15) is 22.4 Å². The van der Waals surface area contributed by atoms with Crippen molar-refractivity contribution in [1.29, 1.82) is 0 Å². The van der Waals surface area contributed by atoms with Crippen LogP contribution in [0.5, 0.6) is 5.75 Å². The van der Waals surface area contributed by atoms with E-state index in [1.54, 1.807) is 25.3 Å². The van der Waals surface area contributed by atoms with Crippen molar-refractivity contribution in [2.45, 2.75) is 57.7 Å². The van der Waals surface area contributed by atoms with Crippen molar-refractivity contribution in [3.05, 3.63) is 59.9 Å². The van der Waals surface area contributed by atoms with E-state index in [1.165, 1.54) is 17.0 Å². The van der Waals surface area contributed by atoms with Crippen LogP contribution in [0.1, 0.15) is 44.6 Å². The number of methoxy groups -OCH3 is 1. The van der Waals surface area contributed by atoms with Gasteiger partial charge in [0.15, 0.2) is 0 Å². The van der Waals surface area contributed by atoms with E-state index in [-0.39, 0.29) is 24.2 Å². The number of benzene rings is 2. The minimum atomic E-state index is -3.87. The van der Waals surface area contributed by atoms with Crippen LogP contribution in [0.3, 0.4) is 0 Å². The van der Waals surface area contributed by atoms with Crippen LogP contribution >= 0.6 is 0 Å². The minimum Gasteiger partial charge on any atom is -0.497 e. The van der Waals surface area contributed by atoms with Crippen LogP contribution in [0.15, 0.2) is 48.5 Å². The predicted molar refractivity (Wildman–Crippen MR) is 137 cm³/mol. The minimum absolute atomic E-state index is 0.0760. The number of amides is 2. The van der Waals surface area contributed by atoms with E-state index in [0.717, 1.165) is 53.9 Å². The molecule has 2 aromatic carbocycles. The number of carbonyl (C=O) groups excluding carboxylic acids is 2. The Morgan fingerprint density at radius 2 is 1.81 bits per heavy atom. The largest absolute Gasteiger partial charge is 0.497 e. The lowest BCUT2D eigenvalue weighted by atomic mass is 10.1. The van der Waals surface area contributed by atoms with Crippen molar-refractivity contribution in [2.75, 3.05) is 24.2 Å². The fraction of sp³-hybridized carbons (Fsp3) is 0.462. The van der Waals surface area contributed by atoms with Crippen LogP contribution in [-0.4, -0.2) is 57.1 Å². The third-order valence-corrected chi connectivity index (χ3v) is 7.51. The summed E-state index contributed by atoms with van der Waals surface area (Å²) in [5.74, 6) is -0.713. The number of halogens is 1. The fourth-order valence-corrected chi connectivity index (χ4v) is 5.33. The van der Waals surface area contributed by atoms with E-state index in [0.29, 0.717) is 12.2 Å². The summed E-state index contributed by atoms with van der Waals surface area (Å²) in [6.45, 7) is 1.38. The maximum atomic E-state index is 13.7. The monoisotopic (exact) mass is 519 g/mol. The first kappa shape index (κ1) is 27.4. The van der Waals surface area contributed by atoms with Gasteiger partial charge in [-0.2, -0.15) is 0 Å². The molecule has 0 heterocycles. The van der Waals surface area contributed by atoms with Crippen LogP contribution < -0.4 is 14.4 Å². The first-order chi connectivity index (χ1) is 17.1. The average molecular weight is 520 g/mol. The molecule has 1 N–H and O–H groups in total. The van der Waals surface area contributed by atoms with Gasteiger partial charge >= 0.3 is 0 Å². The maximum Gasteiger partial charge on any atom is 0.244 e. The Morgan fingerprint density at radius 1 is 1.14 bits per heavy atom. The molecule has 0 aliphatic heterocycles. The Kier molecular flexibility index (Phi) is 9.31. The van der Waals surface area contributed by atoms with E-state index >= 15 is 0 Å². The molecule has 1 aliphatic rings. The van der Waals surface area contributed by atoms with E-state index in [4.69, 9.17) is 4.74 Å². The summed E-state index contributed by atoms with van der Waals surface area (Å²) in [5, 5.41) is 3.06. The molecule has 10 heteroatoms. The van der Waals surface area contributed by atoms with Crippen LogP contribution in [0.4, 0.5) is 10.1 Å². The van der Waals surface area contributed by atoms with Crippen molar-refractivity contribution in [3.8, 4) is 5.75 Å². The first-order valence-corrected chi connectivity index (χ1v) is 13.9. The maximum absolute atomic E-state index is 13.7. The number of anilines is 1. The third kappa shape index (κ3) is 7.19. The molecule has 0 saturated heterocycles. The molecule has 0 aromatic heterocycles. The summed E-state index contributed by atoms with van der Waals surface area (Å²) < 4.78 is 44.8. The lowest BCUT2D eigenvalue weighted by molar-refractivity contribution is -0.140. The fourth-order valence-electron chi connectivity index (χ4n) is 4.48. The zero-order valence-corrected chi connectivity index (χ0v) is 21.8. The van der Waals surface area contributed by atoms with Crippen molar-refractivity contribution in [1.82, 2.24) is 10.2 Å². The molecule has 2 amide bonds. The SMILES string of the molecule is CC[C@@H](C(=O)NC1CCCC1)N(Cc1cccc(OC)c1)C(=O)CN(c1ccc(F)cc1)S(C)(=O)=O. The highest BCUT2D eigenvalue weighted by atomic mass is 32.2. The standard InChI is InChI=1S/C26H34FN3O5S/c1-4-24(26(32)28-21-9-5-6-10-21)29(17-19-8-7-11-23(16-19)35-2)25(31)18-30(36(3,33)34)22-14-12-20(27)13-15-22/h7-8,11-16,21,24H,4-6,9-10,17-18H2,1-3H3,(H,28,32)/t24-/m0/s1. The van der Waals surface area contributed by atoms with Gasteiger partial charge in [-0.25, -0.2) is 12.8 Å². The van der Waals surface area contributed by atoms with E-state index in [1.807, 2.05) is 13.0 Å². The van der Waals surface area contributed by atoms with Gasteiger partial charge in [0.1, 0.15) is 24.2 Å². The van der Waals surface area contributed by atoms with Crippen molar-refractivity contribution < 1.29 is 27.1 Å². The van der Waals surface area contributed by atoms with Gasteiger partial charge in [0.05, 0.1) is 19.1 Å². The van der Waals surface area contributed by atoms with Crippen molar-refractivity contribution in [2.24, 2.45) is 0 Å². The molecule has 196 valence electrons. The number of rotatable bonds is 11. The zero-order chi connectivity index (χ0) is 26.3. The molecule has 8 nitrogen and oxygen atoms in total. The second-order valence-electron chi connectivity index (χ2n) is 9.03. The van der Waals surface area contributed by atoms with Gasteiger partial charge in [-0.3, -0.25) is 13.9 Å². The molecular weight excluding hydrogens is 485 g/mol. The second-order valence-corrected chi connectivity index (χ2v) is 10.9. The summed E-state index contributed by atoms with van der Waals surface area (Å²) in [5.41, 5.74) is 0.902. The van der Waals surface area contributed by atoms with Crippen molar-refractivity contribution in [3.63, 3.8) is 0 Å². The quantitative estimate of drug-likeness (QED) is 0.491. The highest BCUT2D eigenvalue weighted by molar-refractivity contribution is 7.92. The van der Waals surface area contributed by atoms with Gasteiger partial charge in [-0.15, -0.1) is 0 Å². The molecule has 0 radical (unpaired) electrons. The summed E-state index contributed by atoms with van der Waals surface area (Å²) in [6.07, 6.45) is 5.24. The van der Waals surface area contributed by atoms with E-state index < -0.39 is 34.3 Å². The van der Waals surface area contributed by atoms with Gasteiger partial charge in [0.2, 0.25) is 21.8 Å². The van der Waals surface area contributed by atoms with Gasteiger partial charge in [0.25, 0.3) is 0 Å². The molecule has 0 spiro atoms. The predicted octanol–water partition coefficient (Wildman–Crippen LogP) is 3.47. The Labute approximate surface area is 212 Å². The topological polar surface area (TPSA) is 96.0 Å². The number of sulfonamides is 1. The zero-order valence-electron chi connectivity index (χ0n) is 20.9. The molecule has 1 saturated carbocycles. The Balaban J connectivity index is 1.92. The van der Waals surface area contributed by atoms with E-state index in [2.05, 4.69) is 5.32 Å². The Hall–Kier alpha value is -3.14. The molecule has 1 fully saturated rings. The summed E-state index contributed by atoms with van der Waals surface area (Å²) in [6, 6.07) is 11.3. The number of nitrogens with one attached hydrogen (secondary N) is 1. The molecular formula is C26H34FN3O5S. The normalized spacial score (nSPS) is 14.8. The Morgan fingerprint density at radius 3 is 2.39 bits per heavy atom. The summed E-state index contributed by atoms with van der Waals surface area (Å²) >= 11 is 0. The lowest BCUT2D eigenvalue weighted by Crippen LogP contribution is -2.53. The highest BCUT2D eigenvalue weighted by Gasteiger charge is 2.33. The summed E-state index contributed by atoms with van der Waals surface area (Å²) in [7, 11) is -2.33. The Bertz CT molecular complexity index is 1150. The molecule has 3 rings (SSSR count). The van der Waals surface area contributed by atoms with Gasteiger partial charge < -0.3 is 15.0 Å². The number of carbonyl (C=O) groups is 2. The van der Waals surface area contributed by atoms with Crippen LogP contribution in [0.25, 0.3) is 0 Å².